The Morgan fingerprint density at radius 2 is 2.31 bits per heavy atom. The Hall–Kier alpha value is -0.570. The van der Waals surface area contributed by atoms with Gasteiger partial charge in [-0.3, -0.25) is 4.79 Å². The summed E-state index contributed by atoms with van der Waals surface area (Å²) in [5.41, 5.74) is 0.0758. The Labute approximate surface area is 79.8 Å². The average Bonchev–Trinajstić information content (AvgIpc) is 2.08. The molecule has 13 heavy (non-hydrogen) atoms. The molecule has 1 N–H and O–H groups in total. The second-order valence-corrected chi connectivity index (χ2v) is 4.27. The van der Waals surface area contributed by atoms with Gasteiger partial charge in [-0.25, -0.2) is 0 Å². The van der Waals surface area contributed by atoms with Crippen molar-refractivity contribution in [3.63, 3.8) is 0 Å². The number of piperidine rings is 1. The summed E-state index contributed by atoms with van der Waals surface area (Å²) >= 11 is 0. The van der Waals surface area contributed by atoms with Crippen LogP contribution in [-0.2, 0) is 9.53 Å². The molecule has 0 aromatic rings. The second kappa shape index (κ2) is 4.09. The van der Waals surface area contributed by atoms with Gasteiger partial charge in [0.15, 0.2) is 0 Å². The highest BCUT2D eigenvalue weighted by molar-refractivity contribution is 5.69. The normalized spacial score (nSPS) is 26.8. The van der Waals surface area contributed by atoms with E-state index in [1.165, 1.54) is 7.11 Å². The van der Waals surface area contributed by atoms with Crippen LogP contribution in [-0.4, -0.2) is 25.2 Å². The van der Waals surface area contributed by atoms with Crippen molar-refractivity contribution < 1.29 is 9.53 Å². The van der Waals surface area contributed by atoms with Gasteiger partial charge in [-0.05, 0) is 39.2 Å². The van der Waals surface area contributed by atoms with Crippen LogP contribution < -0.4 is 5.32 Å². The Morgan fingerprint density at radius 1 is 1.62 bits per heavy atom. The molecule has 0 spiro atoms. The standard InChI is InChI=1S/C10H19NO2/c1-10(2)8(5-4-6-11-10)7-9(12)13-3/h8,11H,4-7H2,1-3H3. The molecule has 0 bridgehead atoms. The van der Waals surface area contributed by atoms with Crippen LogP contribution in [0.2, 0.25) is 0 Å². The van der Waals surface area contributed by atoms with Gasteiger partial charge in [0.05, 0.1) is 13.5 Å². The molecule has 0 aromatic carbocycles. The minimum atomic E-state index is -0.0956. The topological polar surface area (TPSA) is 38.3 Å². The number of methoxy groups -OCH3 is 1. The summed E-state index contributed by atoms with van der Waals surface area (Å²) in [6.07, 6.45) is 2.82. The van der Waals surface area contributed by atoms with Crippen LogP contribution in [0.15, 0.2) is 0 Å². The van der Waals surface area contributed by atoms with Crippen molar-refractivity contribution in [1.82, 2.24) is 5.32 Å². The van der Waals surface area contributed by atoms with E-state index in [1.807, 2.05) is 0 Å². The SMILES string of the molecule is COC(=O)CC1CCCNC1(C)C. The third kappa shape index (κ3) is 2.69. The van der Waals surface area contributed by atoms with Crippen molar-refractivity contribution in [3.05, 3.63) is 0 Å². The first kappa shape index (κ1) is 10.5. The smallest absolute Gasteiger partial charge is 0.305 e. The maximum atomic E-state index is 11.1. The van der Waals surface area contributed by atoms with Gasteiger partial charge < -0.3 is 10.1 Å². The number of rotatable bonds is 2. The molecule has 3 nitrogen and oxygen atoms in total. The number of esters is 1. The summed E-state index contributed by atoms with van der Waals surface area (Å²) in [6.45, 7) is 5.37. The Kier molecular flexibility index (Phi) is 3.31. The van der Waals surface area contributed by atoms with Crippen molar-refractivity contribution in [2.45, 2.75) is 38.6 Å². The largest absolute Gasteiger partial charge is 0.469 e. The van der Waals surface area contributed by atoms with Crippen LogP contribution in [0.1, 0.15) is 33.1 Å². The van der Waals surface area contributed by atoms with Gasteiger partial charge in [-0.15, -0.1) is 0 Å². The van der Waals surface area contributed by atoms with Gasteiger partial charge in [-0.2, -0.15) is 0 Å². The summed E-state index contributed by atoms with van der Waals surface area (Å²) in [5, 5.41) is 3.43. The molecule has 76 valence electrons. The van der Waals surface area contributed by atoms with Crippen molar-refractivity contribution >= 4 is 5.97 Å². The molecular formula is C10H19NO2. The third-order valence-corrected chi connectivity index (χ3v) is 2.97. The molecule has 1 aliphatic rings. The van der Waals surface area contributed by atoms with Crippen LogP contribution in [0.25, 0.3) is 0 Å². The zero-order chi connectivity index (χ0) is 9.90. The molecule has 1 saturated heterocycles. The molecule has 0 aromatic heterocycles. The van der Waals surface area contributed by atoms with Crippen LogP contribution in [0.3, 0.4) is 0 Å². The van der Waals surface area contributed by atoms with Gasteiger partial charge in [0.25, 0.3) is 0 Å². The van der Waals surface area contributed by atoms with E-state index in [0.29, 0.717) is 12.3 Å². The van der Waals surface area contributed by atoms with Gasteiger partial charge in [0.1, 0.15) is 0 Å². The number of carbonyl (C=O) groups excluding carboxylic acids is 1. The maximum absolute atomic E-state index is 11.1. The molecule has 3 heteroatoms. The molecule has 0 aliphatic carbocycles. The van der Waals surface area contributed by atoms with Crippen molar-refractivity contribution in [2.75, 3.05) is 13.7 Å². The second-order valence-electron chi connectivity index (χ2n) is 4.27. The fourth-order valence-electron chi connectivity index (χ4n) is 1.91. The fourth-order valence-corrected chi connectivity index (χ4v) is 1.91. The van der Waals surface area contributed by atoms with Crippen LogP contribution in [0.5, 0.6) is 0 Å². The van der Waals surface area contributed by atoms with Crippen LogP contribution in [0, 0.1) is 5.92 Å². The first-order chi connectivity index (χ1) is 6.06. The van der Waals surface area contributed by atoms with E-state index in [0.717, 1.165) is 19.4 Å². The lowest BCUT2D eigenvalue weighted by atomic mass is 9.79. The predicted octanol–water partition coefficient (Wildman–Crippen LogP) is 1.33. The van der Waals surface area contributed by atoms with Gasteiger partial charge in [0, 0.05) is 5.54 Å². The lowest BCUT2D eigenvalue weighted by Crippen LogP contribution is -2.50. The van der Waals surface area contributed by atoms with Crippen molar-refractivity contribution in [1.29, 1.82) is 0 Å². The average molecular weight is 185 g/mol. The van der Waals surface area contributed by atoms with Crippen LogP contribution >= 0.6 is 0 Å². The summed E-state index contributed by atoms with van der Waals surface area (Å²) < 4.78 is 4.68. The predicted molar refractivity (Wildman–Crippen MR) is 51.4 cm³/mol. The monoisotopic (exact) mass is 185 g/mol. The van der Waals surface area contributed by atoms with Gasteiger partial charge in [0.2, 0.25) is 0 Å². The van der Waals surface area contributed by atoms with E-state index in [9.17, 15) is 4.79 Å². The van der Waals surface area contributed by atoms with Gasteiger partial charge >= 0.3 is 5.97 Å². The van der Waals surface area contributed by atoms with Crippen molar-refractivity contribution in [3.8, 4) is 0 Å². The highest BCUT2D eigenvalue weighted by Gasteiger charge is 2.33. The van der Waals surface area contributed by atoms with Crippen molar-refractivity contribution in [2.24, 2.45) is 5.92 Å². The van der Waals surface area contributed by atoms with E-state index in [4.69, 9.17) is 0 Å². The minimum absolute atomic E-state index is 0.0758. The zero-order valence-corrected chi connectivity index (χ0v) is 8.72. The molecule has 1 heterocycles. The van der Waals surface area contributed by atoms with Gasteiger partial charge in [-0.1, -0.05) is 0 Å². The van der Waals surface area contributed by atoms with E-state index < -0.39 is 0 Å². The highest BCUT2D eigenvalue weighted by atomic mass is 16.5. The van der Waals surface area contributed by atoms with E-state index >= 15 is 0 Å². The minimum Gasteiger partial charge on any atom is -0.469 e. The molecule has 1 aliphatic heterocycles. The summed E-state index contributed by atoms with van der Waals surface area (Å²) in [5.74, 6) is 0.315. The number of hydrogen-bond donors (Lipinski definition) is 1. The Balaban J connectivity index is 2.51. The lowest BCUT2D eigenvalue weighted by Gasteiger charge is -2.39. The summed E-state index contributed by atoms with van der Waals surface area (Å²) in [7, 11) is 1.45. The first-order valence-corrected chi connectivity index (χ1v) is 4.88. The van der Waals surface area contributed by atoms with Crippen LogP contribution in [0.4, 0.5) is 0 Å². The summed E-state index contributed by atoms with van der Waals surface area (Å²) in [4.78, 5) is 11.1. The fraction of sp³-hybridized carbons (Fsp3) is 0.900. The third-order valence-electron chi connectivity index (χ3n) is 2.97. The number of ether oxygens (including phenoxy) is 1. The highest BCUT2D eigenvalue weighted by Crippen LogP contribution is 2.28. The Bertz CT molecular complexity index is 189. The lowest BCUT2D eigenvalue weighted by molar-refractivity contribution is -0.142. The van der Waals surface area contributed by atoms with E-state index in [-0.39, 0.29) is 11.5 Å². The number of carbonyl (C=O) groups is 1. The molecule has 1 fully saturated rings. The first-order valence-electron chi connectivity index (χ1n) is 4.88. The molecule has 1 unspecified atom stereocenters. The molecule has 1 rings (SSSR count). The quantitative estimate of drug-likeness (QED) is 0.659. The van der Waals surface area contributed by atoms with E-state index in [2.05, 4.69) is 23.9 Å². The van der Waals surface area contributed by atoms with E-state index in [1.54, 1.807) is 0 Å². The molecular weight excluding hydrogens is 166 g/mol. The Morgan fingerprint density at radius 3 is 2.85 bits per heavy atom. The molecule has 0 radical (unpaired) electrons. The maximum Gasteiger partial charge on any atom is 0.305 e. The summed E-state index contributed by atoms with van der Waals surface area (Å²) in [6, 6.07) is 0. The number of nitrogens with one attached hydrogen (secondary N) is 1. The number of hydrogen-bond acceptors (Lipinski definition) is 3. The molecule has 0 saturated carbocycles. The molecule has 0 amide bonds. The molecule has 1 atom stereocenters. The zero-order valence-electron chi connectivity index (χ0n) is 8.72.